The maximum absolute atomic E-state index is 13.6. The maximum Gasteiger partial charge on any atom is 0.418 e. The highest BCUT2D eigenvalue weighted by Gasteiger charge is 2.58. The second kappa shape index (κ2) is 9.29. The van der Waals surface area contributed by atoms with Crippen molar-refractivity contribution in [2.24, 2.45) is 5.92 Å². The molecule has 2 aromatic carbocycles. The van der Waals surface area contributed by atoms with E-state index < -0.39 is 23.6 Å². The van der Waals surface area contributed by atoms with Gasteiger partial charge in [0.1, 0.15) is 6.54 Å². The Morgan fingerprint density at radius 1 is 1.17 bits per heavy atom. The predicted octanol–water partition coefficient (Wildman–Crippen LogP) is 3.39. The summed E-state index contributed by atoms with van der Waals surface area (Å²) in [6.07, 6.45) is 2.17. The highest BCUT2D eigenvalue weighted by atomic mass is 16.6. The monoisotopic (exact) mass is 490 g/mol. The summed E-state index contributed by atoms with van der Waals surface area (Å²) in [5.41, 5.74) is 1.43. The van der Waals surface area contributed by atoms with Crippen LogP contribution in [0.4, 0.5) is 15.3 Å². The third-order valence-electron chi connectivity index (χ3n) is 7.45. The summed E-state index contributed by atoms with van der Waals surface area (Å²) >= 11 is 0. The predicted molar refractivity (Wildman–Crippen MR) is 132 cm³/mol. The summed E-state index contributed by atoms with van der Waals surface area (Å²) in [6.45, 7) is 2.07. The van der Waals surface area contributed by atoms with Gasteiger partial charge in [0.15, 0.2) is 0 Å². The Hall–Kier alpha value is -3.88. The number of nitrogens with zero attached hydrogens (tertiary/aromatic N) is 2. The van der Waals surface area contributed by atoms with Crippen molar-refractivity contribution in [3.05, 3.63) is 65.2 Å². The van der Waals surface area contributed by atoms with Gasteiger partial charge in [-0.15, -0.1) is 0 Å². The van der Waals surface area contributed by atoms with E-state index in [-0.39, 0.29) is 18.5 Å². The van der Waals surface area contributed by atoms with Gasteiger partial charge in [-0.2, -0.15) is 0 Å². The first-order valence-electron chi connectivity index (χ1n) is 12.3. The van der Waals surface area contributed by atoms with Gasteiger partial charge in [-0.3, -0.25) is 9.59 Å². The van der Waals surface area contributed by atoms with Crippen molar-refractivity contribution in [1.82, 2.24) is 15.1 Å². The Kier molecular flexibility index (Phi) is 6.15. The molecule has 1 saturated heterocycles. The van der Waals surface area contributed by atoms with Gasteiger partial charge in [-0.1, -0.05) is 36.4 Å². The van der Waals surface area contributed by atoms with Crippen molar-refractivity contribution in [2.45, 2.75) is 50.8 Å². The number of ether oxygens (including phenoxy) is 1. The van der Waals surface area contributed by atoms with Crippen LogP contribution in [0.2, 0.25) is 0 Å². The van der Waals surface area contributed by atoms with Gasteiger partial charge < -0.3 is 20.3 Å². The first-order chi connectivity index (χ1) is 17.3. The lowest BCUT2D eigenvalue weighted by molar-refractivity contribution is -0.143. The van der Waals surface area contributed by atoms with E-state index in [1.54, 1.807) is 17.0 Å². The molecule has 5 amide bonds. The topological polar surface area (TPSA) is 108 Å². The zero-order valence-electron chi connectivity index (χ0n) is 20.5. The lowest BCUT2D eigenvalue weighted by Gasteiger charge is -2.30. The van der Waals surface area contributed by atoms with E-state index in [0.29, 0.717) is 36.6 Å². The number of urea groups is 1. The minimum Gasteiger partial charge on any atom is -0.427 e. The van der Waals surface area contributed by atoms with Crippen LogP contribution in [-0.4, -0.2) is 53.4 Å². The van der Waals surface area contributed by atoms with Crippen LogP contribution in [0.1, 0.15) is 42.9 Å². The minimum absolute atomic E-state index is 0.00550. The third-order valence-corrected chi connectivity index (χ3v) is 7.45. The number of aryl methyl sites for hydroxylation is 1. The molecule has 0 radical (unpaired) electrons. The molecule has 0 unspecified atom stereocenters. The molecule has 5 rings (SSSR count). The van der Waals surface area contributed by atoms with Crippen LogP contribution < -0.4 is 10.6 Å². The molecule has 2 atom stereocenters. The standard InChI is InChI=1S/C27H30N4O5/c1-17(19-8-9-19)30(15-18-6-4-3-5-7-18)23(32)16-31-24(33)27(36-26(31)35)13-12-20-10-11-21(14-22(20)27)29-25(34)28-2/h3-7,10-11,14,17,19H,8-9,12-13,15-16H2,1-2H3,(H2,28,29,34)/t17-,27+/m0/s1. The third kappa shape index (κ3) is 4.29. The number of nitrogens with one attached hydrogen (secondary N) is 2. The van der Waals surface area contributed by atoms with Crippen LogP contribution in [0.15, 0.2) is 48.5 Å². The quantitative estimate of drug-likeness (QED) is 0.619. The summed E-state index contributed by atoms with van der Waals surface area (Å²) in [6, 6.07) is 14.6. The zero-order valence-corrected chi connectivity index (χ0v) is 20.5. The smallest absolute Gasteiger partial charge is 0.418 e. The van der Waals surface area contributed by atoms with Crippen molar-refractivity contribution in [3.63, 3.8) is 0 Å². The van der Waals surface area contributed by atoms with Crippen LogP contribution in [0.5, 0.6) is 0 Å². The van der Waals surface area contributed by atoms with Crippen molar-refractivity contribution >= 4 is 29.6 Å². The molecule has 36 heavy (non-hydrogen) atoms. The molecule has 1 saturated carbocycles. The molecule has 1 aliphatic heterocycles. The molecule has 1 heterocycles. The molecule has 3 aliphatic rings. The Balaban J connectivity index is 1.37. The van der Waals surface area contributed by atoms with E-state index in [4.69, 9.17) is 4.74 Å². The number of rotatable bonds is 7. The number of anilines is 1. The van der Waals surface area contributed by atoms with Gasteiger partial charge in [0.05, 0.1) is 0 Å². The molecule has 2 aliphatic carbocycles. The summed E-state index contributed by atoms with van der Waals surface area (Å²) in [5.74, 6) is -0.387. The molecule has 2 N–H and O–H groups in total. The molecule has 0 bridgehead atoms. The number of carbonyl (C=O) groups is 4. The van der Waals surface area contributed by atoms with E-state index in [1.807, 2.05) is 43.3 Å². The number of amides is 5. The molecule has 188 valence electrons. The molecule has 2 aromatic rings. The fraction of sp³-hybridized carbons (Fsp3) is 0.407. The number of hydrogen-bond acceptors (Lipinski definition) is 5. The summed E-state index contributed by atoms with van der Waals surface area (Å²) in [5, 5.41) is 5.17. The van der Waals surface area contributed by atoms with Gasteiger partial charge in [0.25, 0.3) is 5.91 Å². The highest BCUT2D eigenvalue weighted by molar-refractivity contribution is 6.06. The summed E-state index contributed by atoms with van der Waals surface area (Å²) in [7, 11) is 1.51. The van der Waals surface area contributed by atoms with Crippen LogP contribution >= 0.6 is 0 Å². The Bertz CT molecular complexity index is 1210. The molecule has 0 aromatic heterocycles. The van der Waals surface area contributed by atoms with Crippen molar-refractivity contribution in [1.29, 1.82) is 0 Å². The Labute approximate surface area is 209 Å². The van der Waals surface area contributed by atoms with Crippen molar-refractivity contribution in [2.75, 3.05) is 18.9 Å². The van der Waals surface area contributed by atoms with Crippen molar-refractivity contribution in [3.8, 4) is 0 Å². The number of fused-ring (bicyclic) bond motifs is 2. The van der Waals surface area contributed by atoms with E-state index in [0.717, 1.165) is 28.9 Å². The SMILES string of the molecule is CNC(=O)Nc1ccc2c(c1)[C@@]1(CC2)OC(=O)N(CC(=O)N(Cc2ccccc2)[C@@H](C)C2CC2)C1=O. The minimum atomic E-state index is -1.47. The molecular weight excluding hydrogens is 460 g/mol. The number of benzene rings is 2. The summed E-state index contributed by atoms with van der Waals surface area (Å²) < 4.78 is 5.71. The molecule has 9 nitrogen and oxygen atoms in total. The van der Waals surface area contributed by atoms with Crippen LogP contribution in [0.25, 0.3) is 0 Å². The first kappa shape index (κ1) is 23.8. The fourth-order valence-corrected chi connectivity index (χ4v) is 5.20. The fourth-order valence-electron chi connectivity index (χ4n) is 5.20. The number of carbonyl (C=O) groups excluding carboxylic acids is 4. The van der Waals surface area contributed by atoms with Gasteiger partial charge in [0.2, 0.25) is 11.5 Å². The van der Waals surface area contributed by atoms with Crippen LogP contribution in [-0.2, 0) is 32.9 Å². The average molecular weight is 491 g/mol. The van der Waals surface area contributed by atoms with Crippen LogP contribution in [0.3, 0.4) is 0 Å². The molecule has 1 spiro atoms. The Morgan fingerprint density at radius 2 is 1.92 bits per heavy atom. The molecule has 9 heteroatoms. The number of hydrogen-bond donors (Lipinski definition) is 2. The highest BCUT2D eigenvalue weighted by Crippen LogP contribution is 2.46. The van der Waals surface area contributed by atoms with Crippen LogP contribution in [0, 0.1) is 5.92 Å². The Morgan fingerprint density at radius 3 is 2.61 bits per heavy atom. The maximum atomic E-state index is 13.6. The molecular formula is C27H30N4O5. The van der Waals surface area contributed by atoms with Gasteiger partial charge >= 0.3 is 12.1 Å². The van der Waals surface area contributed by atoms with Crippen molar-refractivity contribution < 1.29 is 23.9 Å². The lowest BCUT2D eigenvalue weighted by atomic mass is 9.94. The normalized spacial score (nSPS) is 21.2. The zero-order chi connectivity index (χ0) is 25.4. The second-order valence-corrected chi connectivity index (χ2v) is 9.75. The van der Waals surface area contributed by atoms with E-state index in [9.17, 15) is 19.2 Å². The average Bonchev–Trinajstić information content (AvgIpc) is 3.64. The lowest BCUT2D eigenvalue weighted by Crippen LogP contribution is -2.47. The number of imide groups is 1. The summed E-state index contributed by atoms with van der Waals surface area (Å²) in [4.78, 5) is 54.5. The van der Waals surface area contributed by atoms with Gasteiger partial charge in [-0.05, 0) is 55.4 Å². The van der Waals surface area contributed by atoms with E-state index in [1.165, 1.54) is 7.05 Å². The van der Waals surface area contributed by atoms with E-state index >= 15 is 0 Å². The molecule has 2 fully saturated rings. The first-order valence-corrected chi connectivity index (χ1v) is 12.3. The largest absolute Gasteiger partial charge is 0.427 e. The van der Waals surface area contributed by atoms with Gasteiger partial charge in [-0.25, -0.2) is 14.5 Å². The second-order valence-electron chi connectivity index (χ2n) is 9.75. The van der Waals surface area contributed by atoms with E-state index in [2.05, 4.69) is 10.6 Å². The van der Waals surface area contributed by atoms with Gasteiger partial charge in [0, 0.05) is 37.3 Å².